The van der Waals surface area contributed by atoms with Gasteiger partial charge in [0.2, 0.25) is 0 Å². The molecule has 1 heterocycles. The fraction of sp³-hybridized carbons (Fsp3) is 0.120. The number of nitrogens with zero attached hydrogens (tertiary/aromatic N) is 1. The molecule has 5 rings (SSSR count). The predicted molar refractivity (Wildman–Crippen MR) is 114 cm³/mol. The van der Waals surface area contributed by atoms with Crippen LogP contribution in [0.15, 0.2) is 85.5 Å². The third kappa shape index (κ3) is 2.17. The standard InChI is InChI=1S/C25H21N/c1-2-3-8-17-26-22-15-13-18-9-4-6-11-20(18)24(22)25-21-12-7-5-10-19(21)14-16-23(25)26/h2,4-7,9-16H,1,3,8,17H2. The number of unbranched alkanes of at least 4 members (excludes halogenated alkanes) is 1. The second-order valence-electron chi connectivity index (χ2n) is 6.94. The van der Waals surface area contributed by atoms with E-state index in [0.29, 0.717) is 0 Å². The maximum Gasteiger partial charge on any atom is 0.0498 e. The summed E-state index contributed by atoms with van der Waals surface area (Å²) in [7, 11) is 0. The molecule has 0 aliphatic heterocycles. The van der Waals surface area contributed by atoms with Crippen molar-refractivity contribution in [2.45, 2.75) is 19.4 Å². The first kappa shape index (κ1) is 15.2. The van der Waals surface area contributed by atoms with Crippen LogP contribution in [0.1, 0.15) is 12.8 Å². The lowest BCUT2D eigenvalue weighted by Crippen LogP contribution is -1.97. The summed E-state index contributed by atoms with van der Waals surface area (Å²) in [5.74, 6) is 0. The highest BCUT2D eigenvalue weighted by atomic mass is 15.0. The number of rotatable bonds is 4. The second-order valence-corrected chi connectivity index (χ2v) is 6.94. The molecule has 1 nitrogen and oxygen atoms in total. The van der Waals surface area contributed by atoms with Crippen LogP contribution in [-0.4, -0.2) is 4.57 Å². The SMILES string of the molecule is C=CCCCn1c2ccc3ccccc3c2c2c3ccccc3ccc21. The van der Waals surface area contributed by atoms with Crippen LogP contribution < -0.4 is 0 Å². The second kappa shape index (κ2) is 6.03. The van der Waals surface area contributed by atoms with Crippen LogP contribution in [0.3, 0.4) is 0 Å². The summed E-state index contributed by atoms with van der Waals surface area (Å²) >= 11 is 0. The molecule has 1 aromatic heterocycles. The van der Waals surface area contributed by atoms with Crippen LogP contribution in [0.25, 0.3) is 43.4 Å². The first-order chi connectivity index (χ1) is 12.9. The first-order valence-corrected chi connectivity index (χ1v) is 9.31. The van der Waals surface area contributed by atoms with E-state index in [1.807, 2.05) is 6.08 Å². The van der Waals surface area contributed by atoms with Crippen molar-refractivity contribution in [1.29, 1.82) is 0 Å². The Labute approximate surface area is 153 Å². The molecule has 0 atom stereocenters. The Kier molecular flexibility index (Phi) is 3.53. The lowest BCUT2D eigenvalue weighted by Gasteiger charge is -2.07. The molecule has 5 aromatic rings. The molecule has 0 saturated carbocycles. The Balaban J connectivity index is 1.98. The number of allylic oxidation sites excluding steroid dienone is 1. The molecular formula is C25H21N. The summed E-state index contributed by atoms with van der Waals surface area (Å²) in [5.41, 5.74) is 2.67. The number of benzene rings is 4. The zero-order valence-corrected chi connectivity index (χ0v) is 14.8. The molecule has 26 heavy (non-hydrogen) atoms. The van der Waals surface area contributed by atoms with Crippen molar-refractivity contribution in [3.8, 4) is 0 Å². The number of hydrogen-bond donors (Lipinski definition) is 0. The Morgan fingerprint density at radius 3 is 1.77 bits per heavy atom. The van der Waals surface area contributed by atoms with E-state index in [4.69, 9.17) is 0 Å². The van der Waals surface area contributed by atoms with E-state index in [1.165, 1.54) is 43.4 Å². The van der Waals surface area contributed by atoms with Crippen LogP contribution in [0, 0.1) is 0 Å². The van der Waals surface area contributed by atoms with E-state index < -0.39 is 0 Å². The van der Waals surface area contributed by atoms with Crippen LogP contribution in [0.4, 0.5) is 0 Å². The average molecular weight is 335 g/mol. The highest BCUT2D eigenvalue weighted by Crippen LogP contribution is 2.38. The molecule has 0 N–H and O–H groups in total. The minimum Gasteiger partial charge on any atom is -0.340 e. The van der Waals surface area contributed by atoms with Gasteiger partial charge < -0.3 is 4.57 Å². The van der Waals surface area contributed by atoms with Crippen LogP contribution in [0.2, 0.25) is 0 Å². The molecule has 0 spiro atoms. The number of fused-ring (bicyclic) bond motifs is 7. The molecule has 4 aromatic carbocycles. The van der Waals surface area contributed by atoms with Gasteiger partial charge in [0.15, 0.2) is 0 Å². The van der Waals surface area contributed by atoms with Gasteiger partial charge in [-0.15, -0.1) is 6.58 Å². The molecule has 1 heteroatoms. The Morgan fingerprint density at radius 2 is 1.23 bits per heavy atom. The van der Waals surface area contributed by atoms with E-state index in [0.717, 1.165) is 19.4 Å². The monoisotopic (exact) mass is 335 g/mol. The minimum absolute atomic E-state index is 1.02. The van der Waals surface area contributed by atoms with Gasteiger partial charge in [-0.25, -0.2) is 0 Å². The van der Waals surface area contributed by atoms with Gasteiger partial charge in [0.05, 0.1) is 0 Å². The van der Waals surface area contributed by atoms with Gasteiger partial charge in [-0.1, -0.05) is 66.7 Å². The van der Waals surface area contributed by atoms with Crippen LogP contribution >= 0.6 is 0 Å². The van der Waals surface area contributed by atoms with E-state index in [9.17, 15) is 0 Å². The molecule has 0 saturated heterocycles. The molecule has 0 aliphatic carbocycles. The Bertz CT molecular complexity index is 1180. The van der Waals surface area contributed by atoms with Gasteiger partial charge >= 0.3 is 0 Å². The zero-order valence-electron chi connectivity index (χ0n) is 14.8. The molecule has 0 radical (unpaired) electrons. The molecule has 0 amide bonds. The van der Waals surface area contributed by atoms with Gasteiger partial charge in [0.1, 0.15) is 0 Å². The summed E-state index contributed by atoms with van der Waals surface area (Å²) in [6.07, 6.45) is 4.17. The Morgan fingerprint density at radius 1 is 0.692 bits per heavy atom. The van der Waals surface area contributed by atoms with E-state index in [2.05, 4.69) is 83.9 Å². The van der Waals surface area contributed by atoms with E-state index >= 15 is 0 Å². The summed E-state index contributed by atoms with van der Waals surface area (Å²) in [4.78, 5) is 0. The van der Waals surface area contributed by atoms with Crippen molar-refractivity contribution in [3.63, 3.8) is 0 Å². The van der Waals surface area contributed by atoms with Crippen molar-refractivity contribution in [1.82, 2.24) is 4.57 Å². The smallest absolute Gasteiger partial charge is 0.0498 e. The first-order valence-electron chi connectivity index (χ1n) is 9.31. The Hall–Kier alpha value is -3.06. The van der Waals surface area contributed by atoms with Gasteiger partial charge in [-0.2, -0.15) is 0 Å². The van der Waals surface area contributed by atoms with Crippen molar-refractivity contribution >= 4 is 43.4 Å². The van der Waals surface area contributed by atoms with Crippen LogP contribution in [0.5, 0.6) is 0 Å². The summed E-state index contributed by atoms with van der Waals surface area (Å²) in [6, 6.07) is 26.6. The van der Waals surface area contributed by atoms with E-state index in [-0.39, 0.29) is 0 Å². The normalized spacial score (nSPS) is 11.7. The van der Waals surface area contributed by atoms with E-state index in [1.54, 1.807) is 0 Å². The quantitative estimate of drug-likeness (QED) is 0.244. The highest BCUT2D eigenvalue weighted by Gasteiger charge is 2.15. The summed E-state index contributed by atoms with van der Waals surface area (Å²) in [6.45, 7) is 4.89. The topological polar surface area (TPSA) is 4.93 Å². The molecular weight excluding hydrogens is 314 g/mol. The van der Waals surface area contributed by atoms with Gasteiger partial charge in [-0.05, 0) is 46.5 Å². The number of hydrogen-bond acceptors (Lipinski definition) is 0. The number of aromatic nitrogens is 1. The summed E-state index contributed by atoms with van der Waals surface area (Å²) < 4.78 is 2.49. The fourth-order valence-electron chi connectivity index (χ4n) is 4.26. The highest BCUT2D eigenvalue weighted by molar-refractivity contribution is 6.27. The third-order valence-corrected chi connectivity index (χ3v) is 5.44. The van der Waals surface area contributed by atoms with Gasteiger partial charge in [-0.3, -0.25) is 0 Å². The predicted octanol–water partition coefficient (Wildman–Crippen LogP) is 7.07. The molecule has 0 unspecified atom stereocenters. The van der Waals surface area contributed by atoms with Gasteiger partial charge in [0.25, 0.3) is 0 Å². The maximum absolute atomic E-state index is 3.88. The lowest BCUT2D eigenvalue weighted by molar-refractivity contribution is 0.688. The summed E-state index contributed by atoms with van der Waals surface area (Å²) in [5, 5.41) is 8.06. The zero-order chi connectivity index (χ0) is 17.5. The van der Waals surface area contributed by atoms with Crippen LogP contribution in [-0.2, 0) is 6.54 Å². The maximum atomic E-state index is 3.88. The number of aryl methyl sites for hydroxylation is 1. The molecule has 0 aliphatic rings. The largest absolute Gasteiger partial charge is 0.340 e. The minimum atomic E-state index is 1.02. The van der Waals surface area contributed by atoms with Crippen molar-refractivity contribution in [2.75, 3.05) is 0 Å². The lowest BCUT2D eigenvalue weighted by atomic mass is 10.00. The molecule has 126 valence electrons. The molecule has 0 bridgehead atoms. The van der Waals surface area contributed by atoms with Crippen molar-refractivity contribution in [2.24, 2.45) is 0 Å². The third-order valence-electron chi connectivity index (χ3n) is 5.44. The molecule has 0 fully saturated rings. The van der Waals surface area contributed by atoms with Crippen molar-refractivity contribution < 1.29 is 0 Å². The van der Waals surface area contributed by atoms with Crippen molar-refractivity contribution in [3.05, 3.63) is 85.5 Å². The fourth-order valence-corrected chi connectivity index (χ4v) is 4.26. The van der Waals surface area contributed by atoms with Gasteiger partial charge in [0, 0.05) is 28.4 Å². The average Bonchev–Trinajstić information content (AvgIpc) is 3.03.